The van der Waals surface area contributed by atoms with Crippen molar-refractivity contribution >= 4 is 17.7 Å². The Bertz CT molecular complexity index is 890. The number of aromatic nitrogens is 2. The van der Waals surface area contributed by atoms with Gasteiger partial charge in [0.05, 0.1) is 11.7 Å². The van der Waals surface area contributed by atoms with Gasteiger partial charge in [-0.05, 0) is 44.0 Å². The minimum Gasteiger partial charge on any atom is -0.491 e. The van der Waals surface area contributed by atoms with Gasteiger partial charge in [0.1, 0.15) is 12.4 Å². The number of unbranched alkanes of at least 4 members (excludes halogenated alkanes) is 14. The molecule has 8 heteroatoms. The SMILES string of the molecule is CCCCCCCCCCCCSc1nnc(OC(=O)c2ccc(OC[C@H](C)OCCCCCCCC)cc2)o1. The molecule has 0 saturated carbocycles. The van der Waals surface area contributed by atoms with Gasteiger partial charge in [-0.2, -0.15) is 0 Å². The van der Waals surface area contributed by atoms with Crippen LogP contribution in [0.2, 0.25) is 0 Å². The van der Waals surface area contributed by atoms with E-state index in [0.717, 1.165) is 25.2 Å². The van der Waals surface area contributed by atoms with E-state index in [4.69, 9.17) is 18.6 Å². The smallest absolute Gasteiger partial charge is 0.423 e. The number of hydrogen-bond donors (Lipinski definition) is 0. The van der Waals surface area contributed by atoms with Gasteiger partial charge in [-0.3, -0.25) is 0 Å². The number of carbonyl (C=O) groups is 1. The van der Waals surface area contributed by atoms with Gasteiger partial charge in [0.2, 0.25) is 0 Å². The van der Waals surface area contributed by atoms with Crippen LogP contribution in [0.3, 0.4) is 0 Å². The lowest BCUT2D eigenvalue weighted by molar-refractivity contribution is 0.0302. The highest BCUT2D eigenvalue weighted by atomic mass is 32.2. The van der Waals surface area contributed by atoms with Gasteiger partial charge in [-0.15, -0.1) is 0 Å². The van der Waals surface area contributed by atoms with Crippen LogP contribution < -0.4 is 9.47 Å². The summed E-state index contributed by atoms with van der Waals surface area (Å²) in [6, 6.07) is 6.82. The van der Waals surface area contributed by atoms with E-state index in [1.807, 2.05) is 6.92 Å². The van der Waals surface area contributed by atoms with Crippen molar-refractivity contribution in [1.82, 2.24) is 10.2 Å². The maximum Gasteiger partial charge on any atom is 0.423 e. The van der Waals surface area contributed by atoms with Crippen LogP contribution in [0.25, 0.3) is 0 Å². The summed E-state index contributed by atoms with van der Waals surface area (Å²) in [6.45, 7) is 7.72. The Kier molecular flexibility index (Phi) is 19.3. The normalized spacial score (nSPS) is 12.0. The molecular formula is C32H52N2O5S. The summed E-state index contributed by atoms with van der Waals surface area (Å²) in [4.78, 5) is 12.5. The first kappa shape index (κ1) is 34.1. The van der Waals surface area contributed by atoms with Crippen molar-refractivity contribution in [2.75, 3.05) is 19.0 Å². The van der Waals surface area contributed by atoms with Crippen LogP contribution in [-0.2, 0) is 4.74 Å². The molecule has 40 heavy (non-hydrogen) atoms. The Morgan fingerprint density at radius 3 is 2.00 bits per heavy atom. The minimum atomic E-state index is -0.544. The molecule has 0 unspecified atom stereocenters. The van der Waals surface area contributed by atoms with Gasteiger partial charge in [0.25, 0.3) is 5.22 Å². The molecule has 1 aromatic carbocycles. The van der Waals surface area contributed by atoms with Crippen LogP contribution in [0, 0.1) is 0 Å². The summed E-state index contributed by atoms with van der Waals surface area (Å²) >= 11 is 1.50. The monoisotopic (exact) mass is 576 g/mol. The topological polar surface area (TPSA) is 83.7 Å². The summed E-state index contributed by atoms with van der Waals surface area (Å²) in [5, 5.41) is 8.26. The van der Waals surface area contributed by atoms with E-state index in [1.54, 1.807) is 24.3 Å². The molecule has 2 rings (SSSR count). The molecule has 0 fully saturated rings. The highest BCUT2D eigenvalue weighted by Crippen LogP contribution is 2.23. The first-order valence-electron chi connectivity index (χ1n) is 15.6. The molecule has 0 N–H and O–H groups in total. The van der Waals surface area contributed by atoms with E-state index >= 15 is 0 Å². The molecule has 0 spiro atoms. The molecule has 1 heterocycles. The second-order valence-corrected chi connectivity index (χ2v) is 11.6. The molecule has 0 aliphatic heterocycles. The fourth-order valence-corrected chi connectivity index (χ4v) is 5.05. The summed E-state index contributed by atoms with van der Waals surface area (Å²) in [5.74, 6) is 1.04. The summed E-state index contributed by atoms with van der Waals surface area (Å²) in [5.41, 5.74) is 0.387. The predicted molar refractivity (Wildman–Crippen MR) is 163 cm³/mol. The average molecular weight is 577 g/mol. The van der Waals surface area contributed by atoms with Crippen LogP contribution in [0.5, 0.6) is 11.8 Å². The Hall–Kier alpha value is -2.06. The number of thioether (sulfide) groups is 1. The standard InChI is InChI=1S/C32H52N2O5S/c1-4-6-8-10-12-13-14-15-17-19-25-40-32-34-33-31(39-32)38-30(35)28-20-22-29(23-21-28)37-26-27(3)36-24-18-16-11-9-7-5-2/h20-23,27H,4-19,24-26H2,1-3H3/t27-/m0/s1. The van der Waals surface area contributed by atoms with Crippen molar-refractivity contribution < 1.29 is 23.4 Å². The zero-order valence-electron chi connectivity index (χ0n) is 25.2. The van der Waals surface area contributed by atoms with Gasteiger partial charge < -0.3 is 18.6 Å². The van der Waals surface area contributed by atoms with E-state index < -0.39 is 5.97 Å². The third-order valence-corrected chi connectivity index (χ3v) is 7.67. The van der Waals surface area contributed by atoms with Gasteiger partial charge in [0.15, 0.2) is 0 Å². The Balaban J connectivity index is 1.55. The second-order valence-electron chi connectivity index (χ2n) is 10.5. The van der Waals surface area contributed by atoms with Gasteiger partial charge in [0, 0.05) is 12.4 Å². The fourth-order valence-electron chi connectivity index (χ4n) is 4.30. The average Bonchev–Trinajstić information content (AvgIpc) is 3.41. The van der Waals surface area contributed by atoms with Gasteiger partial charge in [-0.1, -0.05) is 126 Å². The van der Waals surface area contributed by atoms with Crippen molar-refractivity contribution in [3.63, 3.8) is 0 Å². The summed E-state index contributed by atoms with van der Waals surface area (Å²) in [7, 11) is 0. The summed E-state index contributed by atoms with van der Waals surface area (Å²) in [6.07, 6.45) is 20.4. The molecule has 0 bridgehead atoms. The van der Waals surface area contributed by atoms with Crippen molar-refractivity contribution in [1.29, 1.82) is 0 Å². The Labute approximate surface area is 246 Å². The van der Waals surface area contributed by atoms with E-state index in [0.29, 0.717) is 23.1 Å². The maximum absolute atomic E-state index is 12.5. The van der Waals surface area contributed by atoms with Gasteiger partial charge >= 0.3 is 12.0 Å². The van der Waals surface area contributed by atoms with E-state index in [9.17, 15) is 4.79 Å². The first-order valence-corrected chi connectivity index (χ1v) is 16.6. The summed E-state index contributed by atoms with van der Waals surface area (Å²) < 4.78 is 22.4. The van der Waals surface area contributed by atoms with Crippen molar-refractivity contribution in [3.8, 4) is 11.8 Å². The number of benzene rings is 1. The first-order chi connectivity index (χ1) is 19.6. The Morgan fingerprint density at radius 1 is 0.800 bits per heavy atom. The third kappa shape index (κ3) is 16.3. The van der Waals surface area contributed by atoms with Crippen molar-refractivity contribution in [3.05, 3.63) is 29.8 Å². The molecule has 0 amide bonds. The fraction of sp³-hybridized carbons (Fsp3) is 0.719. The molecule has 1 atom stereocenters. The molecule has 0 saturated heterocycles. The van der Waals surface area contributed by atoms with Gasteiger partial charge in [-0.25, -0.2) is 4.79 Å². The van der Waals surface area contributed by atoms with E-state index in [2.05, 4.69) is 24.0 Å². The third-order valence-electron chi connectivity index (χ3n) is 6.77. The van der Waals surface area contributed by atoms with Crippen LogP contribution in [-0.4, -0.2) is 41.2 Å². The maximum atomic E-state index is 12.5. The lowest BCUT2D eigenvalue weighted by Gasteiger charge is -2.14. The predicted octanol–water partition coefficient (Wildman–Crippen LogP) is 9.45. The molecule has 7 nitrogen and oxygen atoms in total. The van der Waals surface area contributed by atoms with E-state index in [1.165, 1.54) is 102 Å². The highest BCUT2D eigenvalue weighted by molar-refractivity contribution is 7.99. The number of esters is 1. The molecular weight excluding hydrogens is 524 g/mol. The highest BCUT2D eigenvalue weighted by Gasteiger charge is 2.15. The van der Waals surface area contributed by atoms with Crippen LogP contribution in [0.1, 0.15) is 134 Å². The number of rotatable bonds is 25. The lowest BCUT2D eigenvalue weighted by Crippen LogP contribution is -2.18. The Morgan fingerprint density at radius 2 is 1.38 bits per heavy atom. The lowest BCUT2D eigenvalue weighted by atomic mass is 10.1. The molecule has 0 aliphatic carbocycles. The molecule has 1 aromatic heterocycles. The zero-order valence-corrected chi connectivity index (χ0v) is 26.0. The number of carbonyl (C=O) groups excluding carboxylic acids is 1. The van der Waals surface area contributed by atoms with Crippen molar-refractivity contribution in [2.24, 2.45) is 0 Å². The minimum absolute atomic E-state index is 0.00924. The quantitative estimate of drug-likeness (QED) is 0.0656. The largest absolute Gasteiger partial charge is 0.491 e. The zero-order chi connectivity index (χ0) is 28.7. The van der Waals surface area contributed by atoms with Crippen molar-refractivity contribution in [2.45, 2.75) is 135 Å². The molecule has 0 radical (unpaired) electrons. The van der Waals surface area contributed by atoms with Crippen LogP contribution in [0.15, 0.2) is 33.9 Å². The second kappa shape index (κ2) is 22.6. The number of nitrogens with zero attached hydrogens (tertiary/aromatic N) is 2. The number of ether oxygens (including phenoxy) is 3. The molecule has 2 aromatic rings. The number of hydrogen-bond acceptors (Lipinski definition) is 8. The molecule has 226 valence electrons. The van der Waals surface area contributed by atoms with E-state index in [-0.39, 0.29) is 12.2 Å². The van der Waals surface area contributed by atoms with Crippen LogP contribution in [0.4, 0.5) is 0 Å². The van der Waals surface area contributed by atoms with Crippen LogP contribution >= 0.6 is 11.8 Å². The molecule has 0 aliphatic rings.